The molecule has 2 aromatic carbocycles. The molecular formula is C24H28N2O6. The van der Waals surface area contributed by atoms with Crippen LogP contribution in [0.3, 0.4) is 0 Å². The van der Waals surface area contributed by atoms with Crippen LogP contribution in [0, 0.1) is 0 Å². The van der Waals surface area contributed by atoms with Crippen molar-refractivity contribution in [2.24, 2.45) is 0 Å². The van der Waals surface area contributed by atoms with E-state index in [-0.39, 0.29) is 0 Å². The van der Waals surface area contributed by atoms with Crippen LogP contribution in [-0.4, -0.2) is 71.5 Å². The van der Waals surface area contributed by atoms with E-state index in [0.29, 0.717) is 60.3 Å². The molecule has 32 heavy (non-hydrogen) atoms. The third-order valence-electron chi connectivity index (χ3n) is 5.20. The molecule has 0 aromatic heterocycles. The topological polar surface area (TPSA) is 77.5 Å². The van der Waals surface area contributed by atoms with Gasteiger partial charge < -0.3 is 23.8 Å². The van der Waals surface area contributed by atoms with Crippen LogP contribution in [0.5, 0.6) is 11.5 Å². The summed E-state index contributed by atoms with van der Waals surface area (Å²) in [6.45, 7) is 1.65. The molecule has 0 saturated heterocycles. The molecule has 0 aliphatic carbocycles. The third kappa shape index (κ3) is 4.76. The molecule has 0 atom stereocenters. The Morgan fingerprint density at radius 2 is 1.41 bits per heavy atom. The molecule has 0 saturated carbocycles. The molecule has 2 aromatic rings. The molecule has 0 bridgehead atoms. The van der Waals surface area contributed by atoms with Gasteiger partial charge in [0.1, 0.15) is 17.2 Å². The Morgan fingerprint density at radius 3 is 1.97 bits per heavy atom. The fourth-order valence-electron chi connectivity index (χ4n) is 3.55. The summed E-state index contributed by atoms with van der Waals surface area (Å²) in [4.78, 5) is 30.3. The molecular weight excluding hydrogens is 412 g/mol. The molecule has 0 spiro atoms. The van der Waals surface area contributed by atoms with Gasteiger partial charge in [-0.3, -0.25) is 9.59 Å². The van der Waals surface area contributed by atoms with Gasteiger partial charge in [0.15, 0.2) is 0 Å². The van der Waals surface area contributed by atoms with E-state index in [4.69, 9.17) is 18.9 Å². The number of anilines is 1. The number of rotatable bonds is 11. The van der Waals surface area contributed by atoms with Gasteiger partial charge in [0, 0.05) is 33.4 Å². The highest BCUT2D eigenvalue weighted by atomic mass is 16.5. The van der Waals surface area contributed by atoms with Crippen LogP contribution in [0.4, 0.5) is 5.69 Å². The Kier molecular flexibility index (Phi) is 7.86. The molecule has 3 rings (SSSR count). The highest BCUT2D eigenvalue weighted by Crippen LogP contribution is 2.36. The molecule has 1 heterocycles. The summed E-state index contributed by atoms with van der Waals surface area (Å²) in [5.41, 5.74) is 1.72. The summed E-state index contributed by atoms with van der Waals surface area (Å²) >= 11 is 0. The number of ether oxygens (including phenoxy) is 4. The lowest BCUT2D eigenvalue weighted by Crippen LogP contribution is -2.37. The van der Waals surface area contributed by atoms with Gasteiger partial charge in [-0.25, -0.2) is 4.90 Å². The monoisotopic (exact) mass is 440 g/mol. The molecule has 170 valence electrons. The van der Waals surface area contributed by atoms with Crippen molar-refractivity contribution in [2.45, 2.75) is 0 Å². The summed E-state index contributed by atoms with van der Waals surface area (Å²) in [6.07, 6.45) is 0. The molecule has 8 nitrogen and oxygen atoms in total. The van der Waals surface area contributed by atoms with Crippen LogP contribution in [0.1, 0.15) is 5.56 Å². The zero-order chi connectivity index (χ0) is 23.1. The van der Waals surface area contributed by atoms with Crippen molar-refractivity contribution >= 4 is 23.1 Å². The predicted molar refractivity (Wildman–Crippen MR) is 121 cm³/mol. The number of nitrogens with zero attached hydrogens (tertiary/aromatic N) is 2. The van der Waals surface area contributed by atoms with Crippen LogP contribution in [-0.2, 0) is 19.1 Å². The normalized spacial score (nSPS) is 13.7. The maximum absolute atomic E-state index is 13.6. The average Bonchev–Trinajstić information content (AvgIpc) is 3.09. The zero-order valence-electron chi connectivity index (χ0n) is 18.8. The van der Waals surface area contributed by atoms with Gasteiger partial charge in [-0.2, -0.15) is 0 Å². The SMILES string of the molecule is COCCN(CCOC)C1=C(c2ccc(OC)cc2)C(=O)N(c2cccc(OC)c2)C1=O. The number of amides is 2. The third-order valence-corrected chi connectivity index (χ3v) is 5.20. The Morgan fingerprint density at radius 1 is 0.781 bits per heavy atom. The quantitative estimate of drug-likeness (QED) is 0.497. The summed E-state index contributed by atoms with van der Waals surface area (Å²) in [5.74, 6) is 0.413. The van der Waals surface area contributed by atoms with Crippen LogP contribution in [0.15, 0.2) is 54.2 Å². The second-order valence-electron chi connectivity index (χ2n) is 7.07. The van der Waals surface area contributed by atoms with Crippen molar-refractivity contribution in [2.75, 3.05) is 59.6 Å². The van der Waals surface area contributed by atoms with Gasteiger partial charge >= 0.3 is 0 Å². The summed E-state index contributed by atoms with van der Waals surface area (Å²) in [6, 6.07) is 14.0. The number of hydrogen-bond donors (Lipinski definition) is 0. The smallest absolute Gasteiger partial charge is 0.282 e. The van der Waals surface area contributed by atoms with E-state index in [1.165, 1.54) is 12.0 Å². The van der Waals surface area contributed by atoms with E-state index in [9.17, 15) is 9.59 Å². The molecule has 0 unspecified atom stereocenters. The minimum Gasteiger partial charge on any atom is -0.497 e. The standard InChI is InChI=1S/C24H28N2O6/c1-29-14-12-25(13-15-30-2)22-21(17-8-10-19(31-3)11-9-17)23(27)26(24(22)28)18-6-5-7-20(16-18)32-4/h5-11,16H,12-15H2,1-4H3. The maximum Gasteiger partial charge on any atom is 0.282 e. The average molecular weight is 440 g/mol. The summed E-state index contributed by atoms with van der Waals surface area (Å²) in [5, 5.41) is 0. The van der Waals surface area contributed by atoms with E-state index in [0.717, 1.165) is 0 Å². The highest BCUT2D eigenvalue weighted by molar-refractivity contribution is 6.45. The van der Waals surface area contributed by atoms with Crippen molar-refractivity contribution in [3.8, 4) is 11.5 Å². The molecule has 0 radical (unpaired) electrons. The highest BCUT2D eigenvalue weighted by Gasteiger charge is 2.42. The van der Waals surface area contributed by atoms with Gasteiger partial charge in [0.25, 0.3) is 11.8 Å². The van der Waals surface area contributed by atoms with E-state index in [2.05, 4.69) is 0 Å². The molecule has 1 aliphatic heterocycles. The number of methoxy groups -OCH3 is 4. The molecule has 1 aliphatic rings. The Balaban J connectivity index is 2.12. The van der Waals surface area contributed by atoms with E-state index in [1.807, 2.05) is 4.90 Å². The number of hydrogen-bond acceptors (Lipinski definition) is 7. The van der Waals surface area contributed by atoms with Gasteiger partial charge in [0.2, 0.25) is 0 Å². The molecule has 0 N–H and O–H groups in total. The Bertz CT molecular complexity index is 978. The zero-order valence-corrected chi connectivity index (χ0v) is 18.8. The van der Waals surface area contributed by atoms with E-state index < -0.39 is 11.8 Å². The lowest BCUT2D eigenvalue weighted by molar-refractivity contribution is -0.120. The van der Waals surface area contributed by atoms with E-state index >= 15 is 0 Å². The van der Waals surface area contributed by atoms with Gasteiger partial charge in [-0.15, -0.1) is 0 Å². The lowest BCUT2D eigenvalue weighted by atomic mass is 10.0. The first-order chi connectivity index (χ1) is 15.5. The first kappa shape index (κ1) is 23.3. The van der Waals surface area contributed by atoms with Crippen LogP contribution >= 0.6 is 0 Å². The van der Waals surface area contributed by atoms with Crippen LogP contribution in [0.2, 0.25) is 0 Å². The number of imide groups is 1. The Labute approximate surface area is 187 Å². The first-order valence-corrected chi connectivity index (χ1v) is 10.2. The first-order valence-electron chi connectivity index (χ1n) is 10.2. The lowest BCUT2D eigenvalue weighted by Gasteiger charge is -2.25. The van der Waals surface area contributed by atoms with Gasteiger partial charge in [-0.1, -0.05) is 18.2 Å². The fourth-order valence-corrected chi connectivity index (χ4v) is 3.55. The predicted octanol–water partition coefficient (Wildman–Crippen LogP) is 2.58. The van der Waals surface area contributed by atoms with Crippen molar-refractivity contribution in [3.05, 3.63) is 59.8 Å². The van der Waals surface area contributed by atoms with Crippen LogP contribution in [0.25, 0.3) is 5.57 Å². The minimum absolute atomic E-state index is 0.317. The van der Waals surface area contributed by atoms with Crippen molar-refractivity contribution in [1.29, 1.82) is 0 Å². The summed E-state index contributed by atoms with van der Waals surface area (Å²) < 4.78 is 21.0. The van der Waals surface area contributed by atoms with Crippen molar-refractivity contribution < 1.29 is 28.5 Å². The van der Waals surface area contributed by atoms with E-state index in [1.54, 1.807) is 69.9 Å². The molecule has 8 heteroatoms. The molecule has 2 amide bonds. The van der Waals surface area contributed by atoms with Crippen LogP contribution < -0.4 is 14.4 Å². The Hall–Kier alpha value is -3.36. The van der Waals surface area contributed by atoms with Gasteiger partial charge in [-0.05, 0) is 29.8 Å². The summed E-state index contributed by atoms with van der Waals surface area (Å²) in [7, 11) is 6.30. The second kappa shape index (κ2) is 10.8. The number of benzene rings is 2. The largest absolute Gasteiger partial charge is 0.497 e. The minimum atomic E-state index is -0.402. The second-order valence-corrected chi connectivity index (χ2v) is 7.07. The number of carbonyl (C=O) groups excluding carboxylic acids is 2. The van der Waals surface area contributed by atoms with Gasteiger partial charge in [0.05, 0.1) is 38.7 Å². The van der Waals surface area contributed by atoms with Crippen molar-refractivity contribution in [1.82, 2.24) is 4.90 Å². The molecule has 0 fully saturated rings. The van der Waals surface area contributed by atoms with Crippen molar-refractivity contribution in [3.63, 3.8) is 0 Å². The number of carbonyl (C=O) groups is 2. The fraction of sp³-hybridized carbons (Fsp3) is 0.333. The maximum atomic E-state index is 13.6.